The predicted octanol–water partition coefficient (Wildman–Crippen LogP) is -0.696. The summed E-state index contributed by atoms with van der Waals surface area (Å²) in [5.74, 6) is 0. The SMILES string of the molecule is CCC1=[N+](C)CCCC1(C)C.[I-]. The highest BCUT2D eigenvalue weighted by molar-refractivity contribution is 5.85. The molecule has 0 bridgehead atoms. The maximum absolute atomic E-state index is 2.43. The van der Waals surface area contributed by atoms with Crippen LogP contribution in [-0.2, 0) is 0 Å². The van der Waals surface area contributed by atoms with Gasteiger partial charge in [-0.15, -0.1) is 0 Å². The first-order chi connectivity index (χ1) is 5.08. The van der Waals surface area contributed by atoms with Crippen LogP contribution >= 0.6 is 0 Å². The minimum atomic E-state index is 0. The van der Waals surface area contributed by atoms with Gasteiger partial charge < -0.3 is 24.0 Å². The van der Waals surface area contributed by atoms with Crippen LogP contribution < -0.4 is 24.0 Å². The van der Waals surface area contributed by atoms with Crippen LogP contribution in [0.2, 0.25) is 0 Å². The summed E-state index contributed by atoms with van der Waals surface area (Å²) in [7, 11) is 2.22. The third-order valence-electron chi connectivity index (χ3n) is 2.87. The van der Waals surface area contributed by atoms with Crippen LogP contribution in [0.5, 0.6) is 0 Å². The van der Waals surface area contributed by atoms with Gasteiger partial charge >= 0.3 is 0 Å². The van der Waals surface area contributed by atoms with Gasteiger partial charge in [-0.25, -0.2) is 4.58 Å². The fraction of sp³-hybridized carbons (Fsp3) is 0.900. The summed E-state index contributed by atoms with van der Waals surface area (Å²) in [6.45, 7) is 8.24. The van der Waals surface area contributed by atoms with Crippen molar-refractivity contribution in [3.8, 4) is 0 Å². The van der Waals surface area contributed by atoms with Crippen LogP contribution in [0.4, 0.5) is 0 Å². The molecular formula is C10H20IN. The van der Waals surface area contributed by atoms with Crippen molar-refractivity contribution in [2.24, 2.45) is 5.41 Å². The smallest absolute Gasteiger partial charge is 0.157 e. The minimum absolute atomic E-state index is 0. The molecule has 0 saturated heterocycles. The lowest BCUT2D eigenvalue weighted by atomic mass is 9.79. The van der Waals surface area contributed by atoms with E-state index in [4.69, 9.17) is 0 Å². The molecule has 0 aromatic carbocycles. The maximum atomic E-state index is 2.43. The highest BCUT2D eigenvalue weighted by Crippen LogP contribution is 2.28. The van der Waals surface area contributed by atoms with Crippen LogP contribution in [0.15, 0.2) is 0 Å². The summed E-state index contributed by atoms with van der Waals surface area (Å²) < 4.78 is 2.43. The van der Waals surface area contributed by atoms with Crippen LogP contribution in [-0.4, -0.2) is 23.9 Å². The summed E-state index contributed by atoms with van der Waals surface area (Å²) in [4.78, 5) is 0. The first-order valence-electron chi connectivity index (χ1n) is 4.65. The fourth-order valence-electron chi connectivity index (χ4n) is 2.30. The molecule has 1 aliphatic heterocycles. The molecule has 0 fully saturated rings. The molecule has 12 heavy (non-hydrogen) atoms. The third kappa shape index (κ3) is 2.44. The number of nitrogens with zero attached hydrogens (tertiary/aromatic N) is 1. The Kier molecular flexibility index (Phi) is 4.74. The molecule has 0 aromatic rings. The predicted molar refractivity (Wildman–Crippen MR) is 49.4 cm³/mol. The van der Waals surface area contributed by atoms with Gasteiger partial charge in [-0.05, 0) is 6.42 Å². The van der Waals surface area contributed by atoms with E-state index in [1.165, 1.54) is 25.8 Å². The van der Waals surface area contributed by atoms with E-state index in [0.29, 0.717) is 5.41 Å². The van der Waals surface area contributed by atoms with Gasteiger partial charge in [0, 0.05) is 18.3 Å². The van der Waals surface area contributed by atoms with Gasteiger partial charge in [0.2, 0.25) is 0 Å². The Morgan fingerprint density at radius 3 is 2.33 bits per heavy atom. The molecule has 0 atom stereocenters. The van der Waals surface area contributed by atoms with Crippen molar-refractivity contribution in [2.45, 2.75) is 40.0 Å². The molecule has 72 valence electrons. The zero-order valence-corrected chi connectivity index (χ0v) is 10.8. The Morgan fingerprint density at radius 1 is 1.42 bits per heavy atom. The molecular weight excluding hydrogens is 261 g/mol. The first kappa shape index (κ1) is 12.4. The van der Waals surface area contributed by atoms with Gasteiger partial charge in [0.1, 0.15) is 13.6 Å². The van der Waals surface area contributed by atoms with Crippen molar-refractivity contribution >= 4 is 5.71 Å². The minimum Gasteiger partial charge on any atom is -1.00 e. The van der Waals surface area contributed by atoms with Crippen molar-refractivity contribution < 1.29 is 28.6 Å². The van der Waals surface area contributed by atoms with Crippen LogP contribution in [0, 0.1) is 5.41 Å². The third-order valence-corrected chi connectivity index (χ3v) is 2.87. The molecule has 1 nitrogen and oxygen atoms in total. The maximum Gasteiger partial charge on any atom is 0.157 e. The number of hydrogen-bond acceptors (Lipinski definition) is 0. The van der Waals surface area contributed by atoms with Gasteiger partial charge in [0.05, 0.1) is 0 Å². The molecule has 0 aromatic heterocycles. The number of halogens is 1. The molecule has 1 rings (SSSR count). The molecule has 0 N–H and O–H groups in total. The monoisotopic (exact) mass is 281 g/mol. The van der Waals surface area contributed by atoms with E-state index >= 15 is 0 Å². The molecule has 0 spiro atoms. The van der Waals surface area contributed by atoms with E-state index in [2.05, 4.69) is 32.4 Å². The second-order valence-electron chi connectivity index (χ2n) is 4.21. The van der Waals surface area contributed by atoms with Gasteiger partial charge in [0.15, 0.2) is 5.71 Å². The van der Waals surface area contributed by atoms with E-state index in [-0.39, 0.29) is 24.0 Å². The normalized spacial score (nSPS) is 22.0. The zero-order valence-electron chi connectivity index (χ0n) is 8.65. The average molecular weight is 281 g/mol. The molecule has 0 aliphatic carbocycles. The highest BCUT2D eigenvalue weighted by Gasteiger charge is 2.33. The lowest BCUT2D eigenvalue weighted by Crippen LogP contribution is -3.00. The molecule has 0 amide bonds. The summed E-state index contributed by atoms with van der Waals surface area (Å²) in [6, 6.07) is 0. The van der Waals surface area contributed by atoms with E-state index in [1.54, 1.807) is 5.71 Å². The molecule has 0 saturated carbocycles. The Hall–Kier alpha value is 0.400. The summed E-state index contributed by atoms with van der Waals surface area (Å²) in [5.41, 5.74) is 2.09. The average Bonchev–Trinajstić information content (AvgIpc) is 1.86. The first-order valence-corrected chi connectivity index (χ1v) is 4.65. The molecule has 2 heteroatoms. The summed E-state index contributed by atoms with van der Waals surface area (Å²) in [6.07, 6.45) is 3.93. The zero-order chi connectivity index (χ0) is 8.48. The lowest BCUT2D eigenvalue weighted by molar-refractivity contribution is -0.508. The second-order valence-corrected chi connectivity index (χ2v) is 4.21. The van der Waals surface area contributed by atoms with Gasteiger partial charge in [-0.1, -0.05) is 20.8 Å². The Bertz CT molecular complexity index is 182. The lowest BCUT2D eigenvalue weighted by Gasteiger charge is -2.27. The van der Waals surface area contributed by atoms with Crippen LogP contribution in [0.1, 0.15) is 40.0 Å². The van der Waals surface area contributed by atoms with Crippen LogP contribution in [0.3, 0.4) is 0 Å². The van der Waals surface area contributed by atoms with Crippen LogP contribution in [0.25, 0.3) is 0 Å². The van der Waals surface area contributed by atoms with Crippen molar-refractivity contribution in [3.63, 3.8) is 0 Å². The molecule has 0 radical (unpaired) electrons. The van der Waals surface area contributed by atoms with Crippen molar-refractivity contribution in [2.75, 3.05) is 13.6 Å². The Morgan fingerprint density at radius 2 is 2.00 bits per heavy atom. The Balaban J connectivity index is 0.00000121. The van der Waals surface area contributed by atoms with Crippen molar-refractivity contribution in [1.29, 1.82) is 0 Å². The largest absolute Gasteiger partial charge is 1.00 e. The number of rotatable bonds is 1. The fourth-order valence-corrected chi connectivity index (χ4v) is 2.30. The van der Waals surface area contributed by atoms with E-state index in [9.17, 15) is 0 Å². The van der Waals surface area contributed by atoms with Crippen molar-refractivity contribution in [1.82, 2.24) is 0 Å². The number of hydrogen-bond donors (Lipinski definition) is 0. The van der Waals surface area contributed by atoms with Gasteiger partial charge in [-0.2, -0.15) is 0 Å². The highest BCUT2D eigenvalue weighted by atomic mass is 127. The summed E-state index contributed by atoms with van der Waals surface area (Å²) in [5, 5.41) is 0. The molecule has 1 aliphatic rings. The van der Waals surface area contributed by atoms with Gasteiger partial charge in [0.25, 0.3) is 0 Å². The molecule has 1 heterocycles. The quantitative estimate of drug-likeness (QED) is 0.442. The van der Waals surface area contributed by atoms with E-state index in [0.717, 1.165) is 0 Å². The standard InChI is InChI=1S/C10H20N.HI/c1-5-9-10(2,3)7-6-8-11(9)4;/h5-8H2,1-4H3;1H/q+1;/p-1. The molecule has 0 unspecified atom stereocenters. The van der Waals surface area contributed by atoms with E-state index in [1.807, 2.05) is 0 Å². The second kappa shape index (κ2) is 4.58. The van der Waals surface area contributed by atoms with Gasteiger partial charge in [-0.3, -0.25) is 0 Å². The summed E-state index contributed by atoms with van der Waals surface area (Å²) >= 11 is 0. The van der Waals surface area contributed by atoms with E-state index < -0.39 is 0 Å². The topological polar surface area (TPSA) is 3.01 Å². The Labute approximate surface area is 93.3 Å². The van der Waals surface area contributed by atoms with Crippen molar-refractivity contribution in [3.05, 3.63) is 0 Å².